The molecule has 6 nitrogen and oxygen atoms in total. The smallest absolute Gasteiger partial charge is 0.337 e. The van der Waals surface area contributed by atoms with Gasteiger partial charge in [-0.3, -0.25) is 4.98 Å². The Bertz CT molecular complexity index is 872. The highest BCUT2D eigenvalue weighted by Crippen LogP contribution is 2.32. The number of aromatic carboxylic acids is 1. The summed E-state index contributed by atoms with van der Waals surface area (Å²) in [5, 5.41) is 9.54. The normalized spacial score (nSPS) is 14.2. The predicted molar refractivity (Wildman–Crippen MR) is 93.6 cm³/mol. The first-order chi connectivity index (χ1) is 12.2. The van der Waals surface area contributed by atoms with Crippen LogP contribution in [0.3, 0.4) is 0 Å². The number of pyridine rings is 1. The number of carboxylic acid groups (broad SMARTS) is 1. The Hall–Kier alpha value is -3.28. The predicted octanol–water partition coefficient (Wildman–Crippen LogP) is 2.84. The number of para-hydroxylation sites is 1. The molecule has 0 amide bonds. The van der Waals surface area contributed by atoms with E-state index >= 15 is 0 Å². The van der Waals surface area contributed by atoms with Crippen LogP contribution in [0.2, 0.25) is 0 Å². The first-order valence-corrected chi connectivity index (χ1v) is 8.03. The Morgan fingerprint density at radius 2 is 1.92 bits per heavy atom. The van der Waals surface area contributed by atoms with Gasteiger partial charge in [0, 0.05) is 18.6 Å². The second kappa shape index (κ2) is 6.32. The van der Waals surface area contributed by atoms with Gasteiger partial charge in [-0.15, -0.1) is 0 Å². The Labute approximate surface area is 144 Å². The van der Waals surface area contributed by atoms with Gasteiger partial charge in [0.15, 0.2) is 0 Å². The molecule has 6 heteroatoms. The van der Waals surface area contributed by atoms with E-state index in [1.54, 1.807) is 24.5 Å². The molecule has 0 aliphatic carbocycles. The Morgan fingerprint density at radius 3 is 2.60 bits per heavy atom. The average molecular weight is 335 g/mol. The Morgan fingerprint density at radius 1 is 1.12 bits per heavy atom. The fourth-order valence-corrected chi connectivity index (χ4v) is 3.03. The van der Waals surface area contributed by atoms with Gasteiger partial charge in [0.05, 0.1) is 36.2 Å². The third-order valence-electron chi connectivity index (χ3n) is 4.23. The number of rotatable bonds is 5. The van der Waals surface area contributed by atoms with Crippen LogP contribution in [0.15, 0.2) is 67.3 Å². The molecule has 0 radical (unpaired) electrons. The lowest BCUT2D eigenvalue weighted by Crippen LogP contribution is -2.54. The lowest BCUT2D eigenvalue weighted by atomic mass is 10.1. The van der Waals surface area contributed by atoms with Crippen LogP contribution in [0, 0.1) is 0 Å². The van der Waals surface area contributed by atoms with Gasteiger partial charge in [-0.25, -0.2) is 4.79 Å². The number of carbonyl (C=O) groups is 1. The molecule has 0 saturated carbocycles. The van der Waals surface area contributed by atoms with Crippen LogP contribution in [0.4, 0.5) is 5.69 Å². The number of benzene rings is 1. The van der Waals surface area contributed by atoms with Crippen molar-refractivity contribution in [2.75, 3.05) is 18.0 Å². The summed E-state index contributed by atoms with van der Waals surface area (Å²) in [4.78, 5) is 17.8. The van der Waals surface area contributed by atoms with Crippen molar-refractivity contribution in [1.82, 2.24) is 9.55 Å². The summed E-state index contributed by atoms with van der Waals surface area (Å²) in [5.74, 6) is -0.189. The largest absolute Gasteiger partial charge is 0.485 e. The molecule has 0 spiro atoms. The summed E-state index contributed by atoms with van der Waals surface area (Å²) >= 11 is 0. The average Bonchev–Trinajstić information content (AvgIpc) is 3.12. The van der Waals surface area contributed by atoms with Gasteiger partial charge in [0.25, 0.3) is 0 Å². The summed E-state index contributed by atoms with van der Waals surface area (Å²) < 4.78 is 7.72. The van der Waals surface area contributed by atoms with Crippen molar-refractivity contribution in [3.05, 3.63) is 72.8 Å². The van der Waals surface area contributed by atoms with Crippen molar-refractivity contribution in [1.29, 1.82) is 0 Å². The second-order valence-corrected chi connectivity index (χ2v) is 5.90. The van der Waals surface area contributed by atoms with Crippen LogP contribution < -0.4 is 9.64 Å². The second-order valence-electron chi connectivity index (χ2n) is 5.90. The Balaban J connectivity index is 1.58. The number of aromatic nitrogens is 2. The monoisotopic (exact) mass is 335 g/mol. The molecule has 0 bridgehead atoms. The maximum Gasteiger partial charge on any atom is 0.337 e. The van der Waals surface area contributed by atoms with E-state index in [1.165, 1.54) is 0 Å². The minimum absolute atomic E-state index is 0.0650. The van der Waals surface area contributed by atoms with Gasteiger partial charge in [0.2, 0.25) is 0 Å². The summed E-state index contributed by atoms with van der Waals surface area (Å²) in [6, 6.07) is 12.8. The van der Waals surface area contributed by atoms with Crippen molar-refractivity contribution < 1.29 is 14.6 Å². The first kappa shape index (κ1) is 15.3. The van der Waals surface area contributed by atoms with Crippen molar-refractivity contribution >= 4 is 11.7 Å². The molecule has 1 fully saturated rings. The summed E-state index contributed by atoms with van der Waals surface area (Å²) in [7, 11) is 0. The number of ether oxygens (including phenoxy) is 1. The third kappa shape index (κ3) is 2.94. The number of nitrogens with zero attached hydrogens (tertiary/aromatic N) is 3. The van der Waals surface area contributed by atoms with Gasteiger partial charge < -0.3 is 19.3 Å². The van der Waals surface area contributed by atoms with Gasteiger partial charge in [0.1, 0.15) is 11.9 Å². The van der Waals surface area contributed by atoms with E-state index in [0.717, 1.165) is 11.4 Å². The quantitative estimate of drug-likeness (QED) is 0.776. The van der Waals surface area contributed by atoms with Crippen molar-refractivity contribution in [3.8, 4) is 11.4 Å². The van der Waals surface area contributed by atoms with Gasteiger partial charge in [-0.05, 0) is 36.4 Å². The summed E-state index contributed by atoms with van der Waals surface area (Å²) in [5.41, 5.74) is 1.85. The fourth-order valence-electron chi connectivity index (χ4n) is 3.03. The van der Waals surface area contributed by atoms with E-state index in [-0.39, 0.29) is 11.7 Å². The number of anilines is 1. The zero-order valence-electron chi connectivity index (χ0n) is 13.4. The molecule has 3 aromatic rings. The highest BCUT2D eigenvalue weighted by molar-refractivity contribution is 5.95. The maximum absolute atomic E-state index is 11.6. The summed E-state index contributed by atoms with van der Waals surface area (Å²) in [6.45, 7) is 1.40. The molecule has 126 valence electrons. The standard InChI is InChI=1S/C19H17N3O3/c23-19(24)16-6-3-7-17(18(16)21-9-1-2-10-21)22-12-15(13-22)25-14-5-4-8-20-11-14/h1-11,15H,12-13H2,(H,23,24). The topological polar surface area (TPSA) is 67.6 Å². The highest BCUT2D eigenvalue weighted by atomic mass is 16.5. The third-order valence-corrected chi connectivity index (χ3v) is 4.23. The summed E-state index contributed by atoms with van der Waals surface area (Å²) in [6.07, 6.45) is 7.18. The lowest BCUT2D eigenvalue weighted by molar-refractivity contribution is 0.0697. The maximum atomic E-state index is 11.6. The molecular weight excluding hydrogens is 318 g/mol. The molecule has 25 heavy (non-hydrogen) atoms. The number of carboxylic acids is 1. The molecule has 1 saturated heterocycles. The zero-order valence-corrected chi connectivity index (χ0v) is 13.4. The number of hydrogen-bond donors (Lipinski definition) is 1. The van der Waals surface area contributed by atoms with Crippen LogP contribution in [-0.4, -0.2) is 39.8 Å². The van der Waals surface area contributed by atoms with Gasteiger partial charge >= 0.3 is 5.97 Å². The van der Waals surface area contributed by atoms with Crippen LogP contribution in [-0.2, 0) is 0 Å². The molecule has 2 aromatic heterocycles. The molecule has 1 aliphatic rings. The lowest BCUT2D eigenvalue weighted by Gasteiger charge is -2.41. The van der Waals surface area contributed by atoms with E-state index in [4.69, 9.17) is 4.74 Å². The first-order valence-electron chi connectivity index (χ1n) is 8.03. The molecule has 3 heterocycles. The molecule has 0 unspecified atom stereocenters. The van der Waals surface area contributed by atoms with Gasteiger partial charge in [-0.1, -0.05) is 6.07 Å². The van der Waals surface area contributed by atoms with Crippen LogP contribution in [0.1, 0.15) is 10.4 Å². The minimum atomic E-state index is -0.936. The van der Waals surface area contributed by atoms with Crippen LogP contribution >= 0.6 is 0 Å². The molecule has 1 N–H and O–H groups in total. The van der Waals surface area contributed by atoms with E-state index in [2.05, 4.69) is 9.88 Å². The van der Waals surface area contributed by atoms with Crippen LogP contribution in [0.5, 0.6) is 5.75 Å². The van der Waals surface area contributed by atoms with E-state index in [1.807, 2.05) is 47.3 Å². The highest BCUT2D eigenvalue weighted by Gasteiger charge is 2.31. The van der Waals surface area contributed by atoms with Crippen molar-refractivity contribution in [2.24, 2.45) is 0 Å². The molecule has 0 atom stereocenters. The zero-order chi connectivity index (χ0) is 17.2. The molecular formula is C19H17N3O3. The molecule has 4 rings (SSSR count). The Kier molecular flexibility index (Phi) is 3.85. The van der Waals surface area contributed by atoms with Crippen molar-refractivity contribution in [3.63, 3.8) is 0 Å². The van der Waals surface area contributed by atoms with Crippen LogP contribution in [0.25, 0.3) is 5.69 Å². The minimum Gasteiger partial charge on any atom is -0.485 e. The fraction of sp³-hybridized carbons (Fsp3) is 0.158. The van der Waals surface area contributed by atoms with E-state index < -0.39 is 5.97 Å². The SMILES string of the molecule is O=C(O)c1cccc(N2CC(Oc3cccnc3)C2)c1-n1cccc1. The van der Waals surface area contributed by atoms with Gasteiger partial charge in [-0.2, -0.15) is 0 Å². The van der Waals surface area contributed by atoms with E-state index in [9.17, 15) is 9.90 Å². The molecule has 1 aliphatic heterocycles. The number of hydrogen-bond acceptors (Lipinski definition) is 4. The van der Waals surface area contributed by atoms with Crippen molar-refractivity contribution in [2.45, 2.75) is 6.10 Å². The molecule has 1 aromatic carbocycles. The van der Waals surface area contributed by atoms with E-state index in [0.29, 0.717) is 18.8 Å².